The molecule has 0 atom stereocenters. The highest BCUT2D eigenvalue weighted by Crippen LogP contribution is 2.38. The third kappa shape index (κ3) is 6.70. The number of amides is 1. The molecule has 1 aliphatic rings. The van der Waals surface area contributed by atoms with Crippen molar-refractivity contribution in [2.45, 2.75) is 20.0 Å². The van der Waals surface area contributed by atoms with E-state index in [1.165, 1.54) is 11.8 Å². The lowest BCUT2D eigenvalue weighted by atomic mass is 10.0. The van der Waals surface area contributed by atoms with E-state index in [-0.39, 0.29) is 12.5 Å². The van der Waals surface area contributed by atoms with Gasteiger partial charge >= 0.3 is 0 Å². The maximum Gasteiger partial charge on any atom is 0.264 e. The number of nitrogens with one attached hydrogen (secondary N) is 1. The maximum absolute atomic E-state index is 12.7. The van der Waals surface area contributed by atoms with Gasteiger partial charge in [0.05, 0.1) is 27.2 Å². The zero-order valence-corrected chi connectivity index (χ0v) is 23.0. The van der Waals surface area contributed by atoms with Crippen LogP contribution >= 0.6 is 46.6 Å². The fourth-order valence-electron chi connectivity index (χ4n) is 3.59. The van der Waals surface area contributed by atoms with Gasteiger partial charge in [-0.3, -0.25) is 4.79 Å². The number of aliphatic imine (C=N–C) groups is 1. The Bertz CT molecular complexity index is 1410. The first-order chi connectivity index (χ1) is 17.9. The quantitative estimate of drug-likeness (QED) is 0.207. The van der Waals surface area contributed by atoms with Crippen molar-refractivity contribution in [3.05, 3.63) is 104 Å². The second-order valence-electron chi connectivity index (χ2n) is 7.87. The Morgan fingerprint density at radius 2 is 1.81 bits per heavy atom. The van der Waals surface area contributed by atoms with Crippen LogP contribution in [0.5, 0.6) is 11.5 Å². The summed E-state index contributed by atoms with van der Waals surface area (Å²) >= 11 is 19.8. The van der Waals surface area contributed by atoms with Gasteiger partial charge in [-0.2, -0.15) is 0 Å². The molecule has 4 rings (SSSR count). The first kappa shape index (κ1) is 27.1. The van der Waals surface area contributed by atoms with Crippen LogP contribution in [0.2, 0.25) is 15.1 Å². The van der Waals surface area contributed by atoms with Gasteiger partial charge in [-0.05, 0) is 67.1 Å². The molecule has 0 radical (unpaired) electrons. The molecule has 1 amide bonds. The molecule has 0 bridgehead atoms. The Morgan fingerprint density at radius 1 is 1.03 bits per heavy atom. The molecule has 0 saturated carbocycles. The van der Waals surface area contributed by atoms with Gasteiger partial charge in [-0.25, -0.2) is 4.99 Å². The van der Waals surface area contributed by atoms with Crippen LogP contribution in [0.15, 0.2) is 77.1 Å². The van der Waals surface area contributed by atoms with Gasteiger partial charge in [0.25, 0.3) is 5.91 Å². The molecule has 1 N–H and O–H groups in total. The minimum atomic E-state index is -0.260. The summed E-state index contributed by atoms with van der Waals surface area (Å²) in [7, 11) is 0. The number of benzene rings is 3. The Morgan fingerprint density at radius 3 is 2.57 bits per heavy atom. The number of amidine groups is 1. The molecule has 1 saturated heterocycles. The number of hydrogen-bond acceptors (Lipinski definition) is 5. The summed E-state index contributed by atoms with van der Waals surface area (Å²) in [5.74, 6) is 0.929. The smallest absolute Gasteiger partial charge is 0.264 e. The summed E-state index contributed by atoms with van der Waals surface area (Å²) in [5.41, 5.74) is 3.01. The van der Waals surface area contributed by atoms with E-state index in [4.69, 9.17) is 44.3 Å². The third-order valence-corrected chi connectivity index (χ3v) is 7.34. The summed E-state index contributed by atoms with van der Waals surface area (Å²) in [5, 5.41) is 4.54. The van der Waals surface area contributed by atoms with E-state index in [2.05, 4.69) is 16.9 Å². The second-order valence-corrected chi connectivity index (χ2v) is 10.1. The fourth-order valence-corrected chi connectivity index (χ4v) is 4.95. The van der Waals surface area contributed by atoms with Crippen molar-refractivity contribution in [1.29, 1.82) is 0 Å². The number of carbonyl (C=O) groups excluding carboxylic acids is 1. The monoisotopic (exact) mass is 572 g/mol. The van der Waals surface area contributed by atoms with E-state index in [9.17, 15) is 4.79 Å². The molecule has 0 aromatic heterocycles. The van der Waals surface area contributed by atoms with E-state index in [1.807, 2.05) is 43.3 Å². The maximum atomic E-state index is 12.7. The van der Waals surface area contributed by atoms with Crippen molar-refractivity contribution >= 4 is 69.4 Å². The molecule has 1 aliphatic heterocycles. The molecule has 3 aromatic rings. The largest absolute Gasteiger partial charge is 0.490 e. The SMILES string of the molecule is C=CCc1cc(/C=C2/SC(=Nc3cccc(Cl)c3Cl)NC2=O)cc(OCC)c1OCc1ccccc1Cl. The number of hydrogen-bond donors (Lipinski definition) is 1. The minimum Gasteiger partial charge on any atom is -0.490 e. The minimum absolute atomic E-state index is 0.260. The average Bonchev–Trinajstić information content (AvgIpc) is 3.21. The molecule has 3 aromatic carbocycles. The van der Waals surface area contributed by atoms with Crippen LogP contribution in [0.25, 0.3) is 6.08 Å². The van der Waals surface area contributed by atoms with Crippen molar-refractivity contribution in [1.82, 2.24) is 5.32 Å². The first-order valence-electron chi connectivity index (χ1n) is 11.4. The lowest BCUT2D eigenvalue weighted by Gasteiger charge is -2.17. The standard InChI is InChI=1S/C28H23Cl3N2O3S/c1-3-8-18-13-17(14-23(35-4-2)26(18)36-16-19-9-5-6-10-20(19)29)15-24-27(34)33-28(37-24)32-22-12-7-11-21(30)25(22)31/h3,5-7,9-15H,1,4,8,16H2,2H3,(H,32,33,34)/b24-15+. The van der Waals surface area contributed by atoms with Gasteiger partial charge < -0.3 is 14.8 Å². The van der Waals surface area contributed by atoms with Crippen LogP contribution in [0.4, 0.5) is 5.69 Å². The summed E-state index contributed by atoms with van der Waals surface area (Å²) in [4.78, 5) is 17.6. The molecular formula is C28H23Cl3N2O3S. The number of halogens is 3. The average molecular weight is 574 g/mol. The fraction of sp³-hybridized carbons (Fsp3) is 0.143. The van der Waals surface area contributed by atoms with E-state index in [0.29, 0.717) is 55.4 Å². The van der Waals surface area contributed by atoms with Crippen molar-refractivity contribution in [3.63, 3.8) is 0 Å². The van der Waals surface area contributed by atoms with Crippen molar-refractivity contribution in [3.8, 4) is 11.5 Å². The first-order valence-corrected chi connectivity index (χ1v) is 13.3. The molecule has 0 spiro atoms. The number of nitrogens with zero attached hydrogens (tertiary/aromatic N) is 1. The second kappa shape index (κ2) is 12.6. The number of rotatable bonds is 9. The molecule has 37 heavy (non-hydrogen) atoms. The summed E-state index contributed by atoms with van der Waals surface area (Å²) < 4.78 is 12.1. The van der Waals surface area contributed by atoms with E-state index >= 15 is 0 Å². The van der Waals surface area contributed by atoms with Crippen LogP contribution < -0.4 is 14.8 Å². The van der Waals surface area contributed by atoms with Gasteiger partial charge in [-0.1, -0.05) is 65.1 Å². The Balaban J connectivity index is 1.64. The van der Waals surface area contributed by atoms with E-state index < -0.39 is 0 Å². The zero-order valence-electron chi connectivity index (χ0n) is 19.9. The Labute approximate surface area is 235 Å². The number of ether oxygens (including phenoxy) is 2. The van der Waals surface area contributed by atoms with Gasteiger partial charge in [0.1, 0.15) is 6.61 Å². The van der Waals surface area contributed by atoms with E-state index in [1.54, 1.807) is 30.4 Å². The van der Waals surface area contributed by atoms with Gasteiger partial charge in [0, 0.05) is 16.1 Å². The molecular weight excluding hydrogens is 551 g/mol. The normalized spacial score (nSPS) is 15.2. The molecule has 1 heterocycles. The highest BCUT2D eigenvalue weighted by atomic mass is 35.5. The van der Waals surface area contributed by atoms with E-state index in [0.717, 1.165) is 16.7 Å². The predicted molar refractivity (Wildman–Crippen MR) is 155 cm³/mol. The van der Waals surface area contributed by atoms with Crippen LogP contribution in [-0.2, 0) is 17.8 Å². The highest BCUT2D eigenvalue weighted by Gasteiger charge is 2.25. The lowest BCUT2D eigenvalue weighted by Crippen LogP contribution is -2.19. The lowest BCUT2D eigenvalue weighted by molar-refractivity contribution is -0.115. The zero-order chi connectivity index (χ0) is 26.4. The number of carbonyl (C=O) groups is 1. The van der Waals surface area contributed by atoms with Gasteiger partial charge in [-0.15, -0.1) is 6.58 Å². The van der Waals surface area contributed by atoms with Crippen molar-refractivity contribution in [2.24, 2.45) is 4.99 Å². The third-order valence-electron chi connectivity index (χ3n) is 5.25. The highest BCUT2D eigenvalue weighted by molar-refractivity contribution is 8.18. The summed E-state index contributed by atoms with van der Waals surface area (Å²) in [6.07, 6.45) is 4.13. The van der Waals surface area contributed by atoms with Crippen LogP contribution in [-0.4, -0.2) is 17.7 Å². The number of thioether (sulfide) groups is 1. The molecule has 190 valence electrons. The molecule has 0 aliphatic carbocycles. The topological polar surface area (TPSA) is 59.9 Å². The molecule has 9 heteroatoms. The predicted octanol–water partition coefficient (Wildman–Crippen LogP) is 8.24. The van der Waals surface area contributed by atoms with Gasteiger partial charge in [0.15, 0.2) is 16.7 Å². The van der Waals surface area contributed by atoms with Crippen molar-refractivity contribution < 1.29 is 14.3 Å². The van der Waals surface area contributed by atoms with Crippen molar-refractivity contribution in [2.75, 3.05) is 6.61 Å². The van der Waals surface area contributed by atoms with Crippen LogP contribution in [0, 0.1) is 0 Å². The van der Waals surface area contributed by atoms with Gasteiger partial charge in [0.2, 0.25) is 0 Å². The summed E-state index contributed by atoms with van der Waals surface area (Å²) in [6.45, 7) is 6.51. The number of allylic oxidation sites excluding steroid dienone is 1. The Kier molecular flexibility index (Phi) is 9.22. The molecule has 1 fully saturated rings. The van der Waals surface area contributed by atoms with Crippen LogP contribution in [0.3, 0.4) is 0 Å². The molecule has 5 nitrogen and oxygen atoms in total. The Hall–Kier alpha value is -2.90. The van der Waals surface area contributed by atoms with Crippen LogP contribution in [0.1, 0.15) is 23.6 Å². The summed E-state index contributed by atoms with van der Waals surface area (Å²) in [6, 6.07) is 16.5. The molecule has 0 unspecified atom stereocenters.